The Morgan fingerprint density at radius 3 is 0.842 bits per heavy atom. The van der Waals surface area contributed by atoms with Gasteiger partial charge < -0.3 is 9.47 Å². The van der Waals surface area contributed by atoms with Crippen molar-refractivity contribution in [1.29, 1.82) is 0 Å². The van der Waals surface area contributed by atoms with E-state index in [-0.39, 0.29) is 37.1 Å². The maximum atomic E-state index is 5.83. The second-order valence-corrected chi connectivity index (χ2v) is 15.4. The summed E-state index contributed by atoms with van der Waals surface area (Å²) in [5.41, 5.74) is 19.5. The molecule has 0 aliphatic rings. The molecule has 5 rings (SSSR count). The quantitative estimate of drug-likeness (QED) is 0.176. The van der Waals surface area contributed by atoms with E-state index in [1.165, 1.54) is 65.7 Å². The number of aryl methyl sites for hydroxylation is 13. The first kappa shape index (κ1) is 62.9. The number of hydrogen-bond donors (Lipinski definition) is 0. The van der Waals surface area contributed by atoms with Gasteiger partial charge in [-0.1, -0.05) is 119 Å². The molecule has 0 N–H and O–H groups in total. The van der Waals surface area contributed by atoms with Gasteiger partial charge in [0.1, 0.15) is 0 Å². The Kier molecular flexibility index (Phi) is 33.0. The summed E-state index contributed by atoms with van der Waals surface area (Å²) in [4.78, 5) is 0. The van der Waals surface area contributed by atoms with Gasteiger partial charge in [0.05, 0.1) is 14.2 Å². The molecular formula is C52H81BrCl2O2. The third kappa shape index (κ3) is 19.8. The molecule has 322 valence electrons. The molecule has 0 spiro atoms. The summed E-state index contributed by atoms with van der Waals surface area (Å²) >= 11 is 15.1. The number of benzene rings is 5. The number of hydrogen-bond acceptors (Lipinski definition) is 2. The first-order valence-corrected chi connectivity index (χ1v) is 19.1. The van der Waals surface area contributed by atoms with Crippen molar-refractivity contribution < 1.29 is 9.47 Å². The molecule has 0 unspecified atom stereocenters. The SMILES string of the molecule is C.C.C.C.C.COc1c(C)ccc(C)c1OC.Cc1cc(C)c(Br)cc1C.Cc1cc(C)c(C)cc1C.Cc1cc(Cl)c(C)cc1Cl.Cc1ccc(C)c(C)c1C. The molecule has 0 saturated carbocycles. The molecule has 5 heteroatoms. The van der Waals surface area contributed by atoms with E-state index in [9.17, 15) is 0 Å². The monoisotopic (exact) mass is 886 g/mol. The predicted molar refractivity (Wildman–Crippen MR) is 268 cm³/mol. The summed E-state index contributed by atoms with van der Waals surface area (Å²) in [6.07, 6.45) is 0. The zero-order valence-corrected chi connectivity index (χ0v) is 37.8. The van der Waals surface area contributed by atoms with E-state index in [0.29, 0.717) is 0 Å². The lowest BCUT2D eigenvalue weighted by atomic mass is 10.0. The van der Waals surface area contributed by atoms with E-state index in [4.69, 9.17) is 32.7 Å². The highest BCUT2D eigenvalue weighted by atomic mass is 79.9. The molecule has 2 nitrogen and oxygen atoms in total. The van der Waals surface area contributed by atoms with Crippen molar-refractivity contribution in [3.8, 4) is 11.5 Å². The molecule has 0 heterocycles. The fourth-order valence-electron chi connectivity index (χ4n) is 5.13. The molecule has 0 aromatic heterocycles. The topological polar surface area (TPSA) is 18.5 Å². The molecule has 0 fully saturated rings. The Hall–Kier alpha value is -3.24. The van der Waals surface area contributed by atoms with Gasteiger partial charge in [-0.15, -0.1) is 0 Å². The highest BCUT2D eigenvalue weighted by Gasteiger charge is 2.08. The number of methoxy groups -OCH3 is 2. The maximum Gasteiger partial charge on any atom is 0.163 e. The maximum absolute atomic E-state index is 5.83. The summed E-state index contributed by atoms with van der Waals surface area (Å²) in [5.74, 6) is 1.66. The van der Waals surface area contributed by atoms with Gasteiger partial charge in [-0.05, 0) is 206 Å². The molecule has 0 bridgehead atoms. The van der Waals surface area contributed by atoms with Crippen LogP contribution in [0.1, 0.15) is 121 Å². The Morgan fingerprint density at radius 2 is 0.579 bits per heavy atom. The van der Waals surface area contributed by atoms with Crippen molar-refractivity contribution in [1.82, 2.24) is 0 Å². The predicted octanol–water partition coefficient (Wildman–Crippen LogP) is 18.3. The summed E-state index contributed by atoms with van der Waals surface area (Å²) in [6, 6.07) is 21.0. The number of ether oxygens (including phenoxy) is 2. The molecule has 0 atom stereocenters. The van der Waals surface area contributed by atoms with E-state index in [2.05, 4.69) is 128 Å². The average Bonchev–Trinajstić information content (AvgIpc) is 3.08. The first-order chi connectivity index (χ1) is 24.2. The van der Waals surface area contributed by atoms with E-state index in [0.717, 1.165) is 43.8 Å². The van der Waals surface area contributed by atoms with Crippen LogP contribution in [0.4, 0.5) is 0 Å². The zero-order chi connectivity index (χ0) is 40.0. The summed E-state index contributed by atoms with van der Waals surface area (Å²) in [6.45, 7) is 31.5. The second kappa shape index (κ2) is 29.9. The average molecular weight is 889 g/mol. The van der Waals surface area contributed by atoms with Gasteiger partial charge in [0.15, 0.2) is 11.5 Å². The Bertz CT molecular complexity index is 1600. The van der Waals surface area contributed by atoms with Crippen LogP contribution in [-0.2, 0) is 0 Å². The zero-order valence-electron chi connectivity index (χ0n) is 34.7. The highest BCUT2D eigenvalue weighted by Crippen LogP contribution is 2.33. The van der Waals surface area contributed by atoms with Gasteiger partial charge in [0, 0.05) is 14.5 Å². The van der Waals surface area contributed by atoms with Gasteiger partial charge in [-0.25, -0.2) is 0 Å². The lowest BCUT2D eigenvalue weighted by Crippen LogP contribution is -1.94. The standard InChI is InChI=1S/C10H14O2.2C10H14.C9H11Br.C8H8Cl2.5CH4/c1-7-5-6-8(2)10(12-4)9(7)11-3;1-7-5-9(3)10(4)6-8(7)2;1-7-5-6-8(2)10(4)9(7)3;1-6-4-8(3)9(10)5-7(6)2;1-5-3-8(10)6(2)4-7(5)9;;;;;/h5-6H,1-4H3;2*5-6H,1-4H3;4-5H,1-3H3;3-4H,1-2H3;5*1H4. The highest BCUT2D eigenvalue weighted by molar-refractivity contribution is 9.10. The molecular weight excluding hydrogens is 807 g/mol. The molecule has 0 aliphatic heterocycles. The Labute approximate surface area is 371 Å². The van der Waals surface area contributed by atoms with Crippen LogP contribution in [0, 0.1) is 104 Å². The molecule has 0 amide bonds. The summed E-state index contributed by atoms with van der Waals surface area (Å²) in [7, 11) is 3.31. The van der Waals surface area contributed by atoms with E-state index in [1.54, 1.807) is 14.2 Å². The smallest absolute Gasteiger partial charge is 0.163 e. The fraction of sp³-hybridized carbons (Fsp3) is 0.423. The third-order valence-corrected chi connectivity index (χ3v) is 11.2. The van der Waals surface area contributed by atoms with Gasteiger partial charge >= 0.3 is 0 Å². The summed E-state index contributed by atoms with van der Waals surface area (Å²) in [5, 5.41) is 1.56. The van der Waals surface area contributed by atoms with Crippen LogP contribution in [-0.4, -0.2) is 14.2 Å². The third-order valence-electron chi connectivity index (χ3n) is 9.57. The minimum Gasteiger partial charge on any atom is -0.493 e. The largest absolute Gasteiger partial charge is 0.493 e. The molecule has 0 aliphatic carbocycles. The van der Waals surface area contributed by atoms with Crippen LogP contribution in [0.15, 0.2) is 65.1 Å². The van der Waals surface area contributed by atoms with Crippen molar-refractivity contribution in [2.45, 2.75) is 141 Å². The van der Waals surface area contributed by atoms with Gasteiger partial charge in [0.25, 0.3) is 0 Å². The van der Waals surface area contributed by atoms with E-state index >= 15 is 0 Å². The fourth-order valence-corrected chi connectivity index (χ4v) is 6.03. The Morgan fingerprint density at radius 1 is 0.333 bits per heavy atom. The molecule has 5 aromatic carbocycles. The Balaban J connectivity index is -0.000000194. The van der Waals surface area contributed by atoms with Crippen LogP contribution >= 0.6 is 39.1 Å². The molecule has 0 saturated heterocycles. The van der Waals surface area contributed by atoms with Crippen molar-refractivity contribution in [3.05, 3.63) is 159 Å². The minimum atomic E-state index is 0. The van der Waals surface area contributed by atoms with Crippen molar-refractivity contribution >= 4 is 39.1 Å². The van der Waals surface area contributed by atoms with E-state index in [1.807, 2.05) is 52.0 Å². The molecule has 0 radical (unpaired) electrons. The minimum absolute atomic E-state index is 0. The van der Waals surface area contributed by atoms with Crippen LogP contribution in [0.25, 0.3) is 0 Å². The van der Waals surface area contributed by atoms with Crippen LogP contribution in [0.5, 0.6) is 11.5 Å². The summed E-state index contributed by atoms with van der Waals surface area (Å²) < 4.78 is 11.6. The number of halogens is 3. The lowest BCUT2D eigenvalue weighted by molar-refractivity contribution is 0.351. The van der Waals surface area contributed by atoms with Crippen molar-refractivity contribution in [2.75, 3.05) is 14.2 Å². The van der Waals surface area contributed by atoms with Gasteiger partial charge in [0.2, 0.25) is 0 Å². The number of rotatable bonds is 2. The van der Waals surface area contributed by atoms with Crippen LogP contribution in [0.3, 0.4) is 0 Å². The molecule has 5 aromatic rings. The van der Waals surface area contributed by atoms with E-state index < -0.39 is 0 Å². The molecule has 57 heavy (non-hydrogen) atoms. The van der Waals surface area contributed by atoms with Crippen LogP contribution in [0.2, 0.25) is 10.0 Å². The van der Waals surface area contributed by atoms with Crippen molar-refractivity contribution in [2.24, 2.45) is 0 Å². The second-order valence-electron chi connectivity index (χ2n) is 13.8. The normalized spacial score (nSPS) is 9.05. The first-order valence-electron chi connectivity index (χ1n) is 17.6. The van der Waals surface area contributed by atoms with Crippen molar-refractivity contribution in [3.63, 3.8) is 0 Å². The van der Waals surface area contributed by atoms with Gasteiger partial charge in [-0.3, -0.25) is 0 Å². The van der Waals surface area contributed by atoms with Crippen LogP contribution < -0.4 is 9.47 Å². The van der Waals surface area contributed by atoms with Gasteiger partial charge in [-0.2, -0.15) is 0 Å². The lowest BCUT2D eigenvalue weighted by Gasteiger charge is -2.12.